The maximum Gasteiger partial charge on any atom is 0.252 e. The SMILES string of the molecule is C/C=C1/C=CC(=O)N(Cc2ccc(F)cc2C)/C1=N/C(Nc1ccc(N2CCN(C)CC2)cc1)=C(C)C. The number of amides is 1. The van der Waals surface area contributed by atoms with E-state index in [9.17, 15) is 9.18 Å². The number of anilines is 2. The Kier molecular flexibility index (Phi) is 8.24. The minimum absolute atomic E-state index is 0.155. The van der Waals surface area contributed by atoms with Crippen molar-refractivity contribution in [2.75, 3.05) is 43.4 Å². The number of allylic oxidation sites excluding steroid dienone is 2. The predicted molar refractivity (Wildman–Crippen MR) is 150 cm³/mol. The van der Waals surface area contributed by atoms with Crippen molar-refractivity contribution in [3.63, 3.8) is 0 Å². The Morgan fingerprint density at radius 2 is 1.76 bits per heavy atom. The van der Waals surface area contributed by atoms with Crippen LogP contribution >= 0.6 is 0 Å². The van der Waals surface area contributed by atoms with Crippen LogP contribution in [0.3, 0.4) is 0 Å². The lowest BCUT2D eigenvalue weighted by Crippen LogP contribution is -2.44. The highest BCUT2D eigenvalue weighted by atomic mass is 19.1. The van der Waals surface area contributed by atoms with E-state index < -0.39 is 0 Å². The zero-order valence-electron chi connectivity index (χ0n) is 22.4. The molecule has 0 aromatic heterocycles. The van der Waals surface area contributed by atoms with E-state index in [1.165, 1.54) is 17.8 Å². The number of rotatable bonds is 6. The van der Waals surface area contributed by atoms with Gasteiger partial charge in [-0.15, -0.1) is 0 Å². The van der Waals surface area contributed by atoms with Crippen molar-refractivity contribution in [3.8, 4) is 0 Å². The fourth-order valence-corrected chi connectivity index (χ4v) is 4.42. The van der Waals surface area contributed by atoms with Gasteiger partial charge in [0.15, 0.2) is 0 Å². The van der Waals surface area contributed by atoms with E-state index in [4.69, 9.17) is 4.99 Å². The molecule has 0 unspecified atom stereocenters. The van der Waals surface area contributed by atoms with Crippen molar-refractivity contribution in [2.24, 2.45) is 4.99 Å². The molecular weight excluding hydrogens is 465 g/mol. The first-order valence-corrected chi connectivity index (χ1v) is 12.7. The van der Waals surface area contributed by atoms with Gasteiger partial charge in [0, 0.05) is 49.2 Å². The van der Waals surface area contributed by atoms with Crippen molar-refractivity contribution in [1.82, 2.24) is 9.80 Å². The summed E-state index contributed by atoms with van der Waals surface area (Å²) in [5.74, 6) is 0.809. The molecule has 0 aliphatic carbocycles. The second-order valence-corrected chi connectivity index (χ2v) is 9.82. The summed E-state index contributed by atoms with van der Waals surface area (Å²) in [6.45, 7) is 12.2. The van der Waals surface area contributed by atoms with Crippen LogP contribution in [0.25, 0.3) is 0 Å². The van der Waals surface area contributed by atoms with Crippen LogP contribution in [-0.2, 0) is 11.3 Å². The first kappa shape index (κ1) is 26.4. The Balaban J connectivity index is 1.60. The number of benzene rings is 2. The molecule has 37 heavy (non-hydrogen) atoms. The maximum absolute atomic E-state index is 13.7. The second kappa shape index (κ2) is 11.6. The van der Waals surface area contributed by atoms with E-state index in [0.29, 0.717) is 18.2 Å². The molecule has 7 heteroatoms. The average molecular weight is 502 g/mol. The van der Waals surface area contributed by atoms with E-state index in [1.54, 1.807) is 23.1 Å². The Morgan fingerprint density at radius 3 is 2.38 bits per heavy atom. The first-order valence-electron chi connectivity index (χ1n) is 12.7. The Labute approximate surface area is 219 Å². The number of aliphatic imine (C=N–C) groups is 1. The Morgan fingerprint density at radius 1 is 1.05 bits per heavy atom. The second-order valence-electron chi connectivity index (χ2n) is 9.82. The highest BCUT2D eigenvalue weighted by Gasteiger charge is 2.25. The smallest absolute Gasteiger partial charge is 0.252 e. The van der Waals surface area contributed by atoms with Crippen LogP contribution < -0.4 is 10.2 Å². The fourth-order valence-electron chi connectivity index (χ4n) is 4.42. The number of amidine groups is 1. The molecule has 1 N–H and O–H groups in total. The summed E-state index contributed by atoms with van der Waals surface area (Å²) in [6.07, 6.45) is 5.29. The fraction of sp³-hybridized carbons (Fsp3) is 0.333. The van der Waals surface area contributed by atoms with Gasteiger partial charge in [-0.05, 0) is 93.9 Å². The highest BCUT2D eigenvalue weighted by molar-refractivity contribution is 6.15. The van der Waals surface area contributed by atoms with Crippen molar-refractivity contribution >= 4 is 23.1 Å². The van der Waals surface area contributed by atoms with Crippen molar-refractivity contribution in [2.45, 2.75) is 34.2 Å². The van der Waals surface area contributed by atoms with E-state index in [1.807, 2.05) is 33.8 Å². The lowest BCUT2D eigenvalue weighted by molar-refractivity contribution is -0.123. The van der Waals surface area contributed by atoms with Gasteiger partial charge in [-0.2, -0.15) is 0 Å². The molecule has 0 spiro atoms. The summed E-state index contributed by atoms with van der Waals surface area (Å²) in [7, 11) is 2.16. The van der Waals surface area contributed by atoms with Gasteiger partial charge < -0.3 is 15.1 Å². The first-order chi connectivity index (χ1) is 17.7. The van der Waals surface area contributed by atoms with E-state index >= 15 is 0 Å². The van der Waals surface area contributed by atoms with Gasteiger partial charge in [0.25, 0.3) is 5.91 Å². The van der Waals surface area contributed by atoms with Gasteiger partial charge in [0.05, 0.1) is 6.54 Å². The summed E-state index contributed by atoms with van der Waals surface area (Å²) in [4.78, 5) is 24.3. The third-order valence-corrected chi connectivity index (χ3v) is 6.82. The molecule has 2 aliphatic rings. The molecule has 194 valence electrons. The standard InChI is InChI=1S/C30H36FN5O/c1-6-23-8-14-28(37)36(20-24-7-9-25(31)19-22(24)4)30(23)33-29(21(2)3)32-26-10-12-27(13-11-26)35-17-15-34(5)16-18-35/h6-14,19,32H,15-18,20H2,1-5H3/b23-6-,33-30+. The molecule has 4 rings (SSSR count). The molecule has 1 amide bonds. The molecule has 1 fully saturated rings. The molecule has 0 atom stereocenters. The normalized spacial score (nSPS) is 18.6. The van der Waals surface area contributed by atoms with Crippen LogP contribution in [0, 0.1) is 12.7 Å². The Bertz CT molecular complexity index is 1260. The van der Waals surface area contributed by atoms with E-state index in [-0.39, 0.29) is 11.7 Å². The van der Waals surface area contributed by atoms with Gasteiger partial charge in [-0.1, -0.05) is 12.1 Å². The summed E-state index contributed by atoms with van der Waals surface area (Å²) in [6, 6.07) is 13.0. The molecule has 2 aliphatic heterocycles. The minimum atomic E-state index is -0.288. The minimum Gasteiger partial charge on any atom is -0.369 e. The molecule has 2 heterocycles. The number of aryl methyl sites for hydroxylation is 1. The lowest BCUT2D eigenvalue weighted by atomic mass is 10.0. The molecule has 0 saturated carbocycles. The molecule has 0 radical (unpaired) electrons. The average Bonchev–Trinajstić information content (AvgIpc) is 2.88. The number of carbonyl (C=O) groups is 1. The highest BCUT2D eigenvalue weighted by Crippen LogP contribution is 2.24. The summed E-state index contributed by atoms with van der Waals surface area (Å²) >= 11 is 0. The molecule has 1 saturated heterocycles. The number of likely N-dealkylation sites (N-methyl/N-ethyl adjacent to an activating group) is 1. The van der Waals surface area contributed by atoms with E-state index in [0.717, 1.165) is 54.1 Å². The number of hydrogen-bond acceptors (Lipinski definition) is 5. The maximum atomic E-state index is 13.7. The van der Waals surface area contributed by atoms with Gasteiger partial charge in [-0.3, -0.25) is 9.69 Å². The quantitative estimate of drug-likeness (QED) is 0.569. The van der Waals surface area contributed by atoms with Gasteiger partial charge in [0.2, 0.25) is 0 Å². The molecule has 6 nitrogen and oxygen atoms in total. The summed E-state index contributed by atoms with van der Waals surface area (Å²) < 4.78 is 13.7. The lowest BCUT2D eigenvalue weighted by Gasteiger charge is -2.34. The molecule has 2 aromatic rings. The largest absolute Gasteiger partial charge is 0.369 e. The van der Waals surface area contributed by atoms with E-state index in [2.05, 4.69) is 46.4 Å². The van der Waals surface area contributed by atoms with Crippen LogP contribution in [-0.4, -0.2) is 54.8 Å². The van der Waals surface area contributed by atoms with Crippen LogP contribution in [0.15, 0.2) is 82.7 Å². The van der Waals surface area contributed by atoms with Gasteiger partial charge in [-0.25, -0.2) is 9.38 Å². The number of piperazine rings is 1. The zero-order chi connectivity index (χ0) is 26.5. The zero-order valence-corrected chi connectivity index (χ0v) is 22.4. The predicted octanol–water partition coefficient (Wildman–Crippen LogP) is 5.49. The topological polar surface area (TPSA) is 51.2 Å². The van der Waals surface area contributed by atoms with Crippen molar-refractivity contribution in [3.05, 3.63) is 94.6 Å². The van der Waals surface area contributed by atoms with Crippen molar-refractivity contribution in [1.29, 1.82) is 0 Å². The van der Waals surface area contributed by atoms with Crippen molar-refractivity contribution < 1.29 is 9.18 Å². The monoisotopic (exact) mass is 501 g/mol. The van der Waals surface area contributed by atoms with Crippen LogP contribution in [0.4, 0.5) is 15.8 Å². The third-order valence-electron chi connectivity index (χ3n) is 6.82. The third kappa shape index (κ3) is 6.35. The van der Waals surface area contributed by atoms with Gasteiger partial charge in [0.1, 0.15) is 17.5 Å². The molecule has 2 aromatic carbocycles. The number of nitrogens with zero attached hydrogens (tertiary/aromatic N) is 4. The molecule has 0 bridgehead atoms. The number of nitrogens with one attached hydrogen (secondary N) is 1. The van der Waals surface area contributed by atoms with Crippen LogP contribution in [0.5, 0.6) is 0 Å². The molecular formula is C30H36FN5O. The van der Waals surface area contributed by atoms with Crippen LogP contribution in [0.2, 0.25) is 0 Å². The Hall–Kier alpha value is -3.71. The number of carbonyl (C=O) groups excluding carboxylic acids is 1. The van der Waals surface area contributed by atoms with Crippen LogP contribution in [0.1, 0.15) is 31.9 Å². The number of hydrogen-bond donors (Lipinski definition) is 1. The van der Waals surface area contributed by atoms with Gasteiger partial charge >= 0.3 is 0 Å². The summed E-state index contributed by atoms with van der Waals surface area (Å²) in [5.41, 5.74) is 5.66. The summed E-state index contributed by atoms with van der Waals surface area (Å²) in [5, 5.41) is 3.45. The number of halogens is 1.